The largest absolute Gasteiger partial charge is 0.337 e. The summed E-state index contributed by atoms with van der Waals surface area (Å²) in [5.41, 5.74) is 8.92. The van der Waals surface area contributed by atoms with Crippen molar-refractivity contribution in [1.82, 2.24) is 10.1 Å². The topological polar surface area (TPSA) is 64.9 Å². The van der Waals surface area contributed by atoms with Gasteiger partial charge in [0.1, 0.15) is 0 Å². The highest BCUT2D eigenvalue weighted by atomic mass is 79.9. The van der Waals surface area contributed by atoms with Gasteiger partial charge in [0.2, 0.25) is 11.7 Å². The van der Waals surface area contributed by atoms with Crippen LogP contribution in [0.2, 0.25) is 0 Å². The summed E-state index contributed by atoms with van der Waals surface area (Å²) in [6, 6.07) is 3.80. The van der Waals surface area contributed by atoms with Gasteiger partial charge in [-0.25, -0.2) is 0 Å². The van der Waals surface area contributed by atoms with Gasteiger partial charge in [-0.2, -0.15) is 4.98 Å². The van der Waals surface area contributed by atoms with Gasteiger partial charge in [-0.15, -0.1) is 0 Å². The van der Waals surface area contributed by atoms with Crippen LogP contribution >= 0.6 is 15.9 Å². The van der Waals surface area contributed by atoms with E-state index in [0.717, 1.165) is 21.2 Å². The van der Waals surface area contributed by atoms with Gasteiger partial charge in [-0.3, -0.25) is 0 Å². The fourth-order valence-corrected chi connectivity index (χ4v) is 1.84. The zero-order valence-corrected chi connectivity index (χ0v) is 11.6. The van der Waals surface area contributed by atoms with E-state index < -0.39 is 0 Å². The first kappa shape index (κ1) is 12.3. The normalized spacial score (nSPS) is 12.8. The molecular weight excluding hydrogens is 282 g/mol. The smallest absolute Gasteiger partial charge is 0.243 e. The Morgan fingerprint density at radius 1 is 1.29 bits per heavy atom. The zero-order valence-electron chi connectivity index (χ0n) is 9.99. The van der Waals surface area contributed by atoms with Crippen LogP contribution in [-0.2, 0) is 0 Å². The Morgan fingerprint density at radius 3 is 2.35 bits per heavy atom. The molecule has 1 aromatic carbocycles. The van der Waals surface area contributed by atoms with Crippen molar-refractivity contribution in [2.24, 2.45) is 5.73 Å². The molecule has 0 saturated heterocycles. The van der Waals surface area contributed by atoms with E-state index in [9.17, 15) is 0 Å². The molecule has 1 aromatic heterocycles. The third-order valence-corrected chi connectivity index (χ3v) is 3.78. The fourth-order valence-electron chi connectivity index (χ4n) is 1.61. The Balaban J connectivity index is 2.46. The molecule has 0 bridgehead atoms. The second-order valence-corrected chi connectivity index (χ2v) is 4.96. The number of aryl methyl sites for hydroxylation is 2. The first-order valence-corrected chi connectivity index (χ1v) is 6.14. The summed E-state index contributed by atoms with van der Waals surface area (Å²) in [6.07, 6.45) is 0. The molecule has 0 aliphatic heterocycles. The second kappa shape index (κ2) is 4.58. The van der Waals surface area contributed by atoms with Crippen molar-refractivity contribution in [2.75, 3.05) is 0 Å². The molecule has 2 aromatic rings. The van der Waals surface area contributed by atoms with E-state index in [-0.39, 0.29) is 6.04 Å². The molecular formula is C12H14BrN3O. The Bertz CT molecular complexity index is 525. The lowest BCUT2D eigenvalue weighted by Crippen LogP contribution is -2.04. The summed E-state index contributed by atoms with van der Waals surface area (Å²) in [7, 11) is 0. The molecule has 4 nitrogen and oxygen atoms in total. The number of aromatic nitrogens is 2. The average Bonchev–Trinajstić information content (AvgIpc) is 2.74. The van der Waals surface area contributed by atoms with E-state index in [1.54, 1.807) is 0 Å². The highest BCUT2D eigenvalue weighted by molar-refractivity contribution is 9.10. The summed E-state index contributed by atoms with van der Waals surface area (Å²) in [5.74, 6) is 1.04. The lowest BCUT2D eigenvalue weighted by Gasteiger charge is -2.04. The van der Waals surface area contributed by atoms with Crippen molar-refractivity contribution in [1.29, 1.82) is 0 Å². The van der Waals surface area contributed by atoms with Crippen LogP contribution in [0, 0.1) is 13.8 Å². The summed E-state index contributed by atoms with van der Waals surface area (Å²) >= 11 is 3.53. The van der Waals surface area contributed by atoms with Crippen LogP contribution in [0.4, 0.5) is 0 Å². The van der Waals surface area contributed by atoms with E-state index in [1.807, 2.05) is 32.9 Å². The van der Waals surface area contributed by atoms with Crippen LogP contribution < -0.4 is 5.73 Å². The van der Waals surface area contributed by atoms with E-state index >= 15 is 0 Å². The van der Waals surface area contributed by atoms with E-state index in [2.05, 4.69) is 26.1 Å². The molecule has 90 valence electrons. The van der Waals surface area contributed by atoms with Crippen molar-refractivity contribution in [3.05, 3.63) is 33.6 Å². The summed E-state index contributed by atoms with van der Waals surface area (Å²) in [4.78, 5) is 4.27. The second-order valence-electron chi connectivity index (χ2n) is 4.17. The van der Waals surface area contributed by atoms with Crippen LogP contribution in [0.25, 0.3) is 11.4 Å². The first-order chi connectivity index (χ1) is 7.99. The van der Waals surface area contributed by atoms with Gasteiger partial charge in [0, 0.05) is 10.0 Å². The molecule has 17 heavy (non-hydrogen) atoms. The molecule has 0 radical (unpaired) electrons. The van der Waals surface area contributed by atoms with Crippen LogP contribution in [0.5, 0.6) is 0 Å². The van der Waals surface area contributed by atoms with Crippen LogP contribution in [0.3, 0.4) is 0 Å². The number of hydrogen-bond acceptors (Lipinski definition) is 4. The van der Waals surface area contributed by atoms with Crippen LogP contribution in [0.15, 0.2) is 21.1 Å². The molecule has 0 amide bonds. The molecule has 1 atom stereocenters. The maximum atomic E-state index is 5.69. The molecule has 0 spiro atoms. The number of benzene rings is 1. The standard InChI is InChI=1S/C12H14BrN3O/c1-6-4-9(5-7(2)10(6)13)11-15-12(8(3)14)17-16-11/h4-5,8H,14H2,1-3H3. The Morgan fingerprint density at radius 2 is 1.88 bits per heavy atom. The number of nitrogens with zero attached hydrogens (tertiary/aromatic N) is 2. The van der Waals surface area contributed by atoms with Crippen molar-refractivity contribution in [2.45, 2.75) is 26.8 Å². The zero-order chi connectivity index (χ0) is 12.6. The monoisotopic (exact) mass is 295 g/mol. The third kappa shape index (κ3) is 2.40. The predicted octanol–water partition coefficient (Wildman–Crippen LogP) is 3.14. The number of halogens is 1. The van der Waals surface area contributed by atoms with E-state index in [1.165, 1.54) is 0 Å². The maximum Gasteiger partial charge on any atom is 0.243 e. The fraction of sp³-hybridized carbons (Fsp3) is 0.333. The number of rotatable bonds is 2. The molecule has 0 aliphatic carbocycles. The van der Waals surface area contributed by atoms with Gasteiger partial charge in [-0.05, 0) is 44.0 Å². The average molecular weight is 296 g/mol. The Kier molecular flexibility index (Phi) is 3.31. The Labute approximate surface area is 108 Å². The Hall–Kier alpha value is -1.20. The summed E-state index contributed by atoms with van der Waals surface area (Å²) in [6.45, 7) is 5.88. The minimum absolute atomic E-state index is 0.242. The lowest BCUT2D eigenvalue weighted by molar-refractivity contribution is 0.362. The SMILES string of the molecule is Cc1cc(-c2noc(C(C)N)n2)cc(C)c1Br. The molecule has 0 aliphatic rings. The predicted molar refractivity (Wildman–Crippen MR) is 69.5 cm³/mol. The van der Waals surface area contributed by atoms with Gasteiger partial charge in [0.15, 0.2) is 0 Å². The van der Waals surface area contributed by atoms with Gasteiger partial charge in [0.25, 0.3) is 0 Å². The molecule has 2 N–H and O–H groups in total. The molecule has 1 heterocycles. The molecule has 5 heteroatoms. The van der Waals surface area contributed by atoms with Crippen LogP contribution in [0.1, 0.15) is 30.0 Å². The highest BCUT2D eigenvalue weighted by Gasteiger charge is 2.13. The van der Waals surface area contributed by atoms with Crippen LogP contribution in [-0.4, -0.2) is 10.1 Å². The van der Waals surface area contributed by atoms with Crippen molar-refractivity contribution >= 4 is 15.9 Å². The molecule has 0 fully saturated rings. The molecule has 1 unspecified atom stereocenters. The first-order valence-electron chi connectivity index (χ1n) is 5.35. The summed E-state index contributed by atoms with van der Waals surface area (Å²) in [5, 5.41) is 3.94. The van der Waals surface area contributed by atoms with Crippen molar-refractivity contribution in [3.63, 3.8) is 0 Å². The summed E-state index contributed by atoms with van der Waals surface area (Å²) < 4.78 is 6.20. The van der Waals surface area contributed by atoms with Crippen molar-refractivity contribution < 1.29 is 4.52 Å². The highest BCUT2D eigenvalue weighted by Crippen LogP contribution is 2.27. The maximum absolute atomic E-state index is 5.69. The minimum atomic E-state index is -0.242. The van der Waals surface area contributed by atoms with Gasteiger partial charge < -0.3 is 10.3 Å². The number of hydrogen-bond donors (Lipinski definition) is 1. The molecule has 0 saturated carbocycles. The van der Waals surface area contributed by atoms with Gasteiger partial charge >= 0.3 is 0 Å². The number of nitrogens with two attached hydrogens (primary N) is 1. The minimum Gasteiger partial charge on any atom is -0.337 e. The van der Waals surface area contributed by atoms with E-state index in [4.69, 9.17) is 10.3 Å². The lowest BCUT2D eigenvalue weighted by atomic mass is 10.1. The van der Waals surface area contributed by atoms with Gasteiger partial charge in [-0.1, -0.05) is 21.1 Å². The van der Waals surface area contributed by atoms with Gasteiger partial charge in [0.05, 0.1) is 6.04 Å². The van der Waals surface area contributed by atoms with Crippen molar-refractivity contribution in [3.8, 4) is 11.4 Å². The van der Waals surface area contributed by atoms with E-state index in [0.29, 0.717) is 11.7 Å². The third-order valence-electron chi connectivity index (χ3n) is 2.53. The molecule has 2 rings (SSSR count). The quantitative estimate of drug-likeness (QED) is 0.924.